The largest absolute Gasteiger partial charge is 0.241 e. The van der Waals surface area contributed by atoms with Crippen molar-refractivity contribution in [2.24, 2.45) is 0 Å². The van der Waals surface area contributed by atoms with Crippen LogP contribution in [0.15, 0.2) is 58.3 Å². The molecule has 0 fully saturated rings. The van der Waals surface area contributed by atoms with Gasteiger partial charge in [-0.25, -0.2) is 13.1 Å². The molecule has 22 heavy (non-hydrogen) atoms. The second kappa shape index (κ2) is 6.13. The standard InChI is InChI=1S/C16H14N2O2S2/c17-11-12-5-7-13(8-6-12)22(19,20)18-15-9-10-21-16-4-2-1-3-14(15)16/h1-8,15,18H,9-10H2/t15-/m0/s1. The summed E-state index contributed by atoms with van der Waals surface area (Å²) in [5, 5.41) is 8.78. The Morgan fingerprint density at radius 3 is 2.59 bits per heavy atom. The Morgan fingerprint density at radius 1 is 1.14 bits per heavy atom. The van der Waals surface area contributed by atoms with Crippen LogP contribution in [0.1, 0.15) is 23.6 Å². The Labute approximate surface area is 134 Å². The van der Waals surface area contributed by atoms with Gasteiger partial charge in [0.1, 0.15) is 0 Å². The number of nitriles is 1. The number of hydrogen-bond acceptors (Lipinski definition) is 4. The Morgan fingerprint density at radius 2 is 1.86 bits per heavy atom. The summed E-state index contributed by atoms with van der Waals surface area (Å²) in [4.78, 5) is 1.31. The summed E-state index contributed by atoms with van der Waals surface area (Å²) < 4.78 is 27.8. The minimum atomic E-state index is -3.60. The maximum Gasteiger partial charge on any atom is 0.241 e. The molecule has 4 nitrogen and oxygen atoms in total. The van der Waals surface area contributed by atoms with Crippen molar-refractivity contribution in [3.05, 3.63) is 59.7 Å². The van der Waals surface area contributed by atoms with Crippen molar-refractivity contribution in [2.45, 2.75) is 22.3 Å². The Hall–Kier alpha value is -1.81. The van der Waals surface area contributed by atoms with Crippen LogP contribution in [0.25, 0.3) is 0 Å². The van der Waals surface area contributed by atoms with E-state index in [4.69, 9.17) is 5.26 Å². The van der Waals surface area contributed by atoms with Crippen molar-refractivity contribution in [3.63, 3.8) is 0 Å². The smallest absolute Gasteiger partial charge is 0.207 e. The number of nitrogens with one attached hydrogen (secondary N) is 1. The van der Waals surface area contributed by atoms with Gasteiger partial charge in [-0.05, 0) is 48.1 Å². The van der Waals surface area contributed by atoms with Crippen LogP contribution < -0.4 is 4.72 Å². The van der Waals surface area contributed by atoms with Gasteiger partial charge in [-0.3, -0.25) is 0 Å². The van der Waals surface area contributed by atoms with Crippen LogP contribution in [0, 0.1) is 11.3 Å². The average molecular weight is 330 g/mol. The van der Waals surface area contributed by atoms with Crippen LogP contribution in [0.2, 0.25) is 0 Å². The molecule has 1 heterocycles. The van der Waals surface area contributed by atoms with Crippen LogP contribution in [-0.4, -0.2) is 14.2 Å². The highest BCUT2D eigenvalue weighted by Gasteiger charge is 2.25. The SMILES string of the molecule is N#Cc1ccc(S(=O)(=O)N[C@H]2CCSc3ccccc32)cc1. The Bertz CT molecular complexity index is 824. The number of thioether (sulfide) groups is 1. The zero-order chi connectivity index (χ0) is 15.6. The molecule has 112 valence electrons. The van der Waals surface area contributed by atoms with E-state index in [0.29, 0.717) is 5.56 Å². The van der Waals surface area contributed by atoms with Crippen LogP contribution in [0.4, 0.5) is 0 Å². The lowest BCUT2D eigenvalue weighted by molar-refractivity contribution is 0.546. The average Bonchev–Trinajstić information content (AvgIpc) is 2.55. The molecule has 0 aliphatic carbocycles. The van der Waals surface area contributed by atoms with Gasteiger partial charge < -0.3 is 0 Å². The quantitative estimate of drug-likeness (QED) is 0.939. The fraction of sp³-hybridized carbons (Fsp3) is 0.188. The molecule has 1 N–H and O–H groups in total. The minimum Gasteiger partial charge on any atom is -0.207 e. The van der Waals surface area contributed by atoms with E-state index in [-0.39, 0.29) is 10.9 Å². The van der Waals surface area contributed by atoms with Gasteiger partial charge in [-0.1, -0.05) is 18.2 Å². The summed E-state index contributed by atoms with van der Waals surface area (Å²) in [6.45, 7) is 0. The third-order valence-electron chi connectivity index (χ3n) is 3.55. The molecular formula is C16H14N2O2S2. The summed E-state index contributed by atoms with van der Waals surface area (Å²) >= 11 is 1.75. The molecule has 1 aliphatic heterocycles. The van der Waals surface area contributed by atoms with Gasteiger partial charge in [-0.2, -0.15) is 5.26 Å². The number of fused-ring (bicyclic) bond motifs is 1. The van der Waals surface area contributed by atoms with Crippen molar-refractivity contribution in [3.8, 4) is 6.07 Å². The van der Waals surface area contributed by atoms with Crippen molar-refractivity contribution in [1.29, 1.82) is 5.26 Å². The number of nitrogens with zero attached hydrogens (tertiary/aromatic N) is 1. The second-order valence-corrected chi connectivity index (χ2v) is 7.84. The lowest BCUT2D eigenvalue weighted by Gasteiger charge is -2.25. The molecule has 2 aromatic carbocycles. The van der Waals surface area contributed by atoms with E-state index in [1.54, 1.807) is 11.8 Å². The molecule has 0 bridgehead atoms. The first-order valence-corrected chi connectivity index (χ1v) is 9.31. The molecule has 0 saturated heterocycles. The van der Waals surface area contributed by atoms with E-state index in [1.165, 1.54) is 24.3 Å². The maximum atomic E-state index is 12.5. The molecule has 1 aliphatic rings. The van der Waals surface area contributed by atoms with E-state index >= 15 is 0 Å². The summed E-state index contributed by atoms with van der Waals surface area (Å²) in [5.41, 5.74) is 1.47. The first-order valence-electron chi connectivity index (χ1n) is 6.84. The predicted molar refractivity (Wildman–Crippen MR) is 86.0 cm³/mol. The Kier molecular flexibility index (Phi) is 4.21. The fourth-order valence-electron chi connectivity index (χ4n) is 2.43. The van der Waals surface area contributed by atoms with Gasteiger partial charge in [0.2, 0.25) is 10.0 Å². The molecule has 1 atom stereocenters. The van der Waals surface area contributed by atoms with Gasteiger partial charge in [-0.15, -0.1) is 11.8 Å². The van der Waals surface area contributed by atoms with Crippen LogP contribution in [-0.2, 0) is 10.0 Å². The molecule has 6 heteroatoms. The van der Waals surface area contributed by atoms with Crippen molar-refractivity contribution >= 4 is 21.8 Å². The molecule has 2 aromatic rings. The number of rotatable bonds is 3. The van der Waals surface area contributed by atoms with E-state index in [1.807, 2.05) is 30.3 Å². The van der Waals surface area contributed by atoms with E-state index in [9.17, 15) is 8.42 Å². The molecule has 0 amide bonds. The normalized spacial score (nSPS) is 17.5. The third kappa shape index (κ3) is 3.02. The summed E-state index contributed by atoms with van der Waals surface area (Å²) in [6, 6.07) is 15.6. The number of hydrogen-bond donors (Lipinski definition) is 1. The molecular weight excluding hydrogens is 316 g/mol. The van der Waals surface area contributed by atoms with Crippen molar-refractivity contribution < 1.29 is 8.42 Å². The highest BCUT2D eigenvalue weighted by molar-refractivity contribution is 7.99. The minimum absolute atomic E-state index is 0.183. The van der Waals surface area contributed by atoms with Crippen LogP contribution >= 0.6 is 11.8 Å². The van der Waals surface area contributed by atoms with E-state index in [2.05, 4.69) is 4.72 Å². The van der Waals surface area contributed by atoms with Gasteiger partial charge >= 0.3 is 0 Å². The van der Waals surface area contributed by atoms with Gasteiger partial charge in [0, 0.05) is 10.9 Å². The summed E-state index contributed by atoms with van der Waals surface area (Å²) in [5.74, 6) is 0.886. The van der Waals surface area contributed by atoms with Gasteiger partial charge in [0.15, 0.2) is 0 Å². The second-order valence-electron chi connectivity index (χ2n) is 4.99. The summed E-state index contributed by atoms with van der Waals surface area (Å²) in [6.07, 6.45) is 0.761. The van der Waals surface area contributed by atoms with Crippen LogP contribution in [0.3, 0.4) is 0 Å². The zero-order valence-electron chi connectivity index (χ0n) is 11.7. The zero-order valence-corrected chi connectivity index (χ0v) is 13.3. The van der Waals surface area contributed by atoms with Crippen LogP contribution in [0.5, 0.6) is 0 Å². The molecule has 0 radical (unpaired) electrons. The number of sulfonamides is 1. The van der Waals surface area contributed by atoms with Crippen molar-refractivity contribution in [1.82, 2.24) is 4.72 Å². The maximum absolute atomic E-state index is 12.5. The third-order valence-corrected chi connectivity index (χ3v) is 6.16. The lowest BCUT2D eigenvalue weighted by Crippen LogP contribution is -2.30. The van der Waals surface area contributed by atoms with Gasteiger partial charge in [0.25, 0.3) is 0 Å². The molecule has 0 saturated carbocycles. The Balaban J connectivity index is 1.87. The van der Waals surface area contributed by atoms with Crippen molar-refractivity contribution in [2.75, 3.05) is 5.75 Å². The highest BCUT2D eigenvalue weighted by atomic mass is 32.2. The van der Waals surface area contributed by atoms with E-state index in [0.717, 1.165) is 22.6 Å². The molecule has 0 unspecified atom stereocenters. The first kappa shape index (κ1) is 15.1. The van der Waals surface area contributed by atoms with Gasteiger partial charge in [0.05, 0.1) is 16.5 Å². The topological polar surface area (TPSA) is 70.0 Å². The highest BCUT2D eigenvalue weighted by Crippen LogP contribution is 2.36. The van der Waals surface area contributed by atoms with E-state index < -0.39 is 10.0 Å². The summed E-state index contributed by atoms with van der Waals surface area (Å²) in [7, 11) is -3.60. The fourth-order valence-corrected chi connectivity index (χ4v) is 4.80. The molecule has 0 spiro atoms. The monoisotopic (exact) mass is 330 g/mol. The molecule has 3 rings (SSSR count). The first-order chi connectivity index (χ1) is 10.6. The lowest BCUT2D eigenvalue weighted by atomic mass is 10.1. The molecule has 0 aromatic heterocycles. The number of benzene rings is 2. The predicted octanol–water partition coefficient (Wildman–Crippen LogP) is 3.07.